The zero-order valence-corrected chi connectivity index (χ0v) is 14.3. The highest BCUT2D eigenvalue weighted by molar-refractivity contribution is 7.80. The lowest BCUT2D eigenvalue weighted by Crippen LogP contribution is -2.37. The molecule has 0 radical (unpaired) electrons. The van der Waals surface area contributed by atoms with E-state index in [1.54, 1.807) is 0 Å². The van der Waals surface area contributed by atoms with Crippen molar-refractivity contribution in [1.82, 2.24) is 5.32 Å². The number of hydrogen-bond donors (Lipinski definition) is 2. The molecule has 2 aromatic rings. The van der Waals surface area contributed by atoms with E-state index in [0.29, 0.717) is 5.75 Å². The molecule has 0 atom stereocenters. The van der Waals surface area contributed by atoms with Gasteiger partial charge < -0.3 is 10.1 Å². The summed E-state index contributed by atoms with van der Waals surface area (Å²) in [5, 5.41) is 5.92. The van der Waals surface area contributed by atoms with Crippen LogP contribution < -0.4 is 15.4 Å². The molecule has 0 fully saturated rings. The van der Waals surface area contributed by atoms with E-state index in [-0.39, 0.29) is 17.6 Å². The molecular formula is C18H20N2O2S. The number of carbonyl (C=O) groups excluding carboxylic acids is 1. The molecule has 0 aliphatic heterocycles. The average Bonchev–Trinajstić information content (AvgIpc) is 2.50. The smallest absolute Gasteiger partial charge is 0.264 e. The van der Waals surface area contributed by atoms with Gasteiger partial charge in [0.25, 0.3) is 5.91 Å². The van der Waals surface area contributed by atoms with Crippen molar-refractivity contribution in [3.05, 3.63) is 59.2 Å². The predicted octanol–water partition coefficient (Wildman–Crippen LogP) is 3.50. The monoisotopic (exact) mass is 328 g/mol. The molecule has 4 nitrogen and oxygen atoms in total. The topological polar surface area (TPSA) is 50.4 Å². The summed E-state index contributed by atoms with van der Waals surface area (Å²) < 4.78 is 5.49. The molecule has 23 heavy (non-hydrogen) atoms. The molecule has 0 saturated heterocycles. The Morgan fingerprint density at radius 3 is 2.57 bits per heavy atom. The minimum absolute atomic E-state index is 0.0839. The molecule has 0 unspecified atom stereocenters. The summed E-state index contributed by atoms with van der Waals surface area (Å²) in [5.41, 5.74) is 4.05. The zero-order chi connectivity index (χ0) is 16.8. The Morgan fingerprint density at radius 2 is 1.83 bits per heavy atom. The van der Waals surface area contributed by atoms with Gasteiger partial charge in [0.05, 0.1) is 0 Å². The van der Waals surface area contributed by atoms with Crippen LogP contribution in [0.15, 0.2) is 42.5 Å². The molecular weight excluding hydrogens is 308 g/mol. The number of benzene rings is 2. The Hall–Kier alpha value is -2.40. The van der Waals surface area contributed by atoms with E-state index >= 15 is 0 Å². The van der Waals surface area contributed by atoms with Crippen molar-refractivity contribution in [2.24, 2.45) is 0 Å². The average molecular weight is 328 g/mol. The number of amides is 1. The molecule has 1 amide bonds. The maximum absolute atomic E-state index is 11.9. The number of rotatable bonds is 4. The van der Waals surface area contributed by atoms with Crippen LogP contribution >= 0.6 is 12.2 Å². The van der Waals surface area contributed by atoms with E-state index < -0.39 is 0 Å². The summed E-state index contributed by atoms with van der Waals surface area (Å²) in [5.74, 6) is 0.395. The number of aryl methyl sites for hydroxylation is 3. The Labute approximate surface area is 141 Å². The van der Waals surface area contributed by atoms with Crippen LogP contribution in [-0.4, -0.2) is 17.6 Å². The van der Waals surface area contributed by atoms with Crippen LogP contribution in [0.4, 0.5) is 5.69 Å². The normalized spacial score (nSPS) is 10.0. The molecule has 5 heteroatoms. The van der Waals surface area contributed by atoms with E-state index in [0.717, 1.165) is 22.4 Å². The number of nitrogens with one attached hydrogen (secondary N) is 2. The third kappa shape index (κ3) is 5.07. The largest absolute Gasteiger partial charge is 0.483 e. The van der Waals surface area contributed by atoms with E-state index in [2.05, 4.69) is 10.6 Å². The molecule has 2 rings (SSSR count). The fourth-order valence-electron chi connectivity index (χ4n) is 2.05. The highest BCUT2D eigenvalue weighted by Crippen LogP contribution is 2.17. The molecule has 2 aromatic carbocycles. The van der Waals surface area contributed by atoms with Gasteiger partial charge in [0.1, 0.15) is 5.75 Å². The van der Waals surface area contributed by atoms with Crippen molar-refractivity contribution in [1.29, 1.82) is 0 Å². The lowest BCUT2D eigenvalue weighted by atomic mass is 10.1. The summed E-state index contributed by atoms with van der Waals surface area (Å²) >= 11 is 5.17. The zero-order valence-electron chi connectivity index (χ0n) is 13.5. The third-order valence-corrected chi connectivity index (χ3v) is 3.55. The number of anilines is 1. The number of thiocarbonyl (C=S) groups is 1. The minimum Gasteiger partial charge on any atom is -0.483 e. The van der Waals surface area contributed by atoms with Crippen molar-refractivity contribution in [2.45, 2.75) is 20.8 Å². The van der Waals surface area contributed by atoms with Crippen molar-refractivity contribution < 1.29 is 9.53 Å². The Bertz CT molecular complexity index is 729. The van der Waals surface area contributed by atoms with Gasteiger partial charge in [0.15, 0.2) is 11.7 Å². The van der Waals surface area contributed by atoms with Gasteiger partial charge in [-0.3, -0.25) is 10.1 Å². The van der Waals surface area contributed by atoms with Crippen molar-refractivity contribution >= 4 is 28.9 Å². The standard InChI is InChI=1S/C18H20N2O2S/c1-12-8-9-13(2)15(10-12)19-18(23)20-17(21)11-22-16-7-5-4-6-14(16)3/h4-10H,11H2,1-3H3,(H2,19,20,21,23). The van der Waals surface area contributed by atoms with E-state index in [9.17, 15) is 4.79 Å². The summed E-state index contributed by atoms with van der Waals surface area (Å²) in [6, 6.07) is 13.6. The molecule has 0 aliphatic carbocycles. The number of ether oxygens (including phenoxy) is 1. The second-order valence-electron chi connectivity index (χ2n) is 5.37. The summed E-state index contributed by atoms with van der Waals surface area (Å²) in [7, 11) is 0. The van der Waals surface area contributed by atoms with Crippen LogP contribution in [0.1, 0.15) is 16.7 Å². The Kier molecular flexibility index (Phi) is 5.71. The number of para-hydroxylation sites is 1. The first-order valence-electron chi connectivity index (χ1n) is 7.32. The van der Waals surface area contributed by atoms with E-state index in [1.807, 2.05) is 63.2 Å². The molecule has 0 aromatic heterocycles. The van der Waals surface area contributed by atoms with Gasteiger partial charge in [-0.1, -0.05) is 30.3 Å². The molecule has 0 aliphatic rings. The molecule has 2 N–H and O–H groups in total. The second kappa shape index (κ2) is 7.74. The first-order chi connectivity index (χ1) is 11.0. The summed E-state index contributed by atoms with van der Waals surface area (Å²) in [6.45, 7) is 5.83. The van der Waals surface area contributed by atoms with Crippen LogP contribution in [0.2, 0.25) is 0 Å². The highest BCUT2D eigenvalue weighted by Gasteiger charge is 2.08. The third-order valence-electron chi connectivity index (χ3n) is 3.35. The van der Waals surface area contributed by atoms with Crippen LogP contribution in [0.5, 0.6) is 5.75 Å². The van der Waals surface area contributed by atoms with Gasteiger partial charge in [-0.2, -0.15) is 0 Å². The van der Waals surface area contributed by atoms with Crippen molar-refractivity contribution in [3.8, 4) is 5.75 Å². The van der Waals surface area contributed by atoms with Gasteiger partial charge in [-0.25, -0.2) is 0 Å². The van der Waals surface area contributed by atoms with E-state index in [4.69, 9.17) is 17.0 Å². The van der Waals surface area contributed by atoms with E-state index in [1.165, 1.54) is 0 Å². The van der Waals surface area contributed by atoms with Gasteiger partial charge in [-0.05, 0) is 61.8 Å². The van der Waals surface area contributed by atoms with Gasteiger partial charge in [0, 0.05) is 5.69 Å². The lowest BCUT2D eigenvalue weighted by Gasteiger charge is -2.13. The molecule has 120 valence electrons. The first kappa shape index (κ1) is 17.0. The Morgan fingerprint density at radius 1 is 1.09 bits per heavy atom. The Balaban J connectivity index is 1.86. The second-order valence-corrected chi connectivity index (χ2v) is 5.78. The first-order valence-corrected chi connectivity index (χ1v) is 7.73. The van der Waals surface area contributed by atoms with Gasteiger partial charge in [-0.15, -0.1) is 0 Å². The van der Waals surface area contributed by atoms with Crippen LogP contribution in [0.25, 0.3) is 0 Å². The summed E-state index contributed by atoms with van der Waals surface area (Å²) in [4.78, 5) is 11.9. The SMILES string of the molecule is Cc1ccc(C)c(NC(=S)NC(=O)COc2ccccc2C)c1. The van der Waals surface area contributed by atoms with Crippen molar-refractivity contribution in [2.75, 3.05) is 11.9 Å². The molecule has 0 saturated carbocycles. The van der Waals surface area contributed by atoms with Gasteiger partial charge in [0.2, 0.25) is 0 Å². The lowest BCUT2D eigenvalue weighted by molar-refractivity contribution is -0.121. The van der Waals surface area contributed by atoms with Crippen molar-refractivity contribution in [3.63, 3.8) is 0 Å². The predicted molar refractivity (Wildman–Crippen MR) is 97.0 cm³/mol. The maximum Gasteiger partial charge on any atom is 0.264 e. The fourth-order valence-corrected chi connectivity index (χ4v) is 2.27. The maximum atomic E-state index is 11.9. The number of carbonyl (C=O) groups is 1. The molecule has 0 bridgehead atoms. The van der Waals surface area contributed by atoms with Gasteiger partial charge >= 0.3 is 0 Å². The quantitative estimate of drug-likeness (QED) is 0.844. The highest BCUT2D eigenvalue weighted by atomic mass is 32.1. The fraction of sp³-hybridized carbons (Fsp3) is 0.222. The van der Waals surface area contributed by atoms with Crippen LogP contribution in [0.3, 0.4) is 0 Å². The minimum atomic E-state index is -0.295. The van der Waals surface area contributed by atoms with Crippen LogP contribution in [0, 0.1) is 20.8 Å². The molecule has 0 heterocycles. The molecule has 0 spiro atoms. The van der Waals surface area contributed by atoms with Crippen LogP contribution in [-0.2, 0) is 4.79 Å². The number of hydrogen-bond acceptors (Lipinski definition) is 3. The summed E-state index contributed by atoms with van der Waals surface area (Å²) in [6.07, 6.45) is 0.